The Morgan fingerprint density at radius 1 is 0.650 bits per heavy atom. The van der Waals surface area contributed by atoms with Gasteiger partial charge in [0.05, 0.1) is 11.1 Å². The van der Waals surface area contributed by atoms with Crippen molar-refractivity contribution in [3.63, 3.8) is 0 Å². The SMILES string of the molecule is O=C1OC(=O)c2ccc(cc2)OCOc2ccc1cc2. The molecule has 5 nitrogen and oxygen atoms in total. The molecule has 0 atom stereocenters. The smallest absolute Gasteiger partial charge is 0.346 e. The molecule has 0 amide bonds. The largest absolute Gasteiger partial charge is 0.458 e. The third-order valence-electron chi connectivity index (χ3n) is 2.82. The molecule has 0 aromatic heterocycles. The van der Waals surface area contributed by atoms with Crippen molar-refractivity contribution >= 4 is 11.9 Å². The fourth-order valence-electron chi connectivity index (χ4n) is 1.74. The molecule has 4 aliphatic heterocycles. The van der Waals surface area contributed by atoms with E-state index in [0.29, 0.717) is 11.5 Å². The molecule has 0 N–H and O–H groups in total. The van der Waals surface area contributed by atoms with E-state index in [2.05, 4.69) is 0 Å². The fraction of sp³-hybridized carbons (Fsp3) is 0.0667. The molecule has 0 fully saturated rings. The summed E-state index contributed by atoms with van der Waals surface area (Å²) < 4.78 is 15.5. The summed E-state index contributed by atoms with van der Waals surface area (Å²) in [5.74, 6) is -0.277. The molecule has 2 aromatic carbocycles. The number of rotatable bonds is 0. The first-order chi connectivity index (χ1) is 9.72. The van der Waals surface area contributed by atoms with Crippen LogP contribution in [-0.2, 0) is 4.74 Å². The molecule has 4 aliphatic rings. The minimum atomic E-state index is -0.695. The zero-order chi connectivity index (χ0) is 13.9. The van der Waals surface area contributed by atoms with Crippen LogP contribution in [0.15, 0.2) is 48.5 Å². The van der Waals surface area contributed by atoms with Crippen LogP contribution < -0.4 is 9.47 Å². The molecule has 4 bridgehead atoms. The molecule has 0 unspecified atom stereocenters. The van der Waals surface area contributed by atoms with Gasteiger partial charge in [-0.25, -0.2) is 9.59 Å². The van der Waals surface area contributed by atoms with Crippen molar-refractivity contribution in [2.24, 2.45) is 0 Å². The van der Waals surface area contributed by atoms with E-state index in [0.717, 1.165) is 0 Å². The van der Waals surface area contributed by atoms with Crippen LogP contribution in [0.3, 0.4) is 0 Å². The standard InChI is InChI=1S/C15H10O5/c16-14-10-1-5-12(6-2-10)18-9-19-13-7-3-11(4-8-13)15(17)20-14/h1-8H,9H2. The summed E-state index contributed by atoms with van der Waals surface area (Å²) in [6, 6.07) is 12.5. The Bertz CT molecular complexity index is 585. The molecule has 0 aliphatic carbocycles. The lowest BCUT2D eigenvalue weighted by Gasteiger charge is -2.10. The molecule has 0 saturated heterocycles. The number of benzene rings is 2. The van der Waals surface area contributed by atoms with Crippen LogP contribution in [-0.4, -0.2) is 18.7 Å². The molecule has 20 heavy (non-hydrogen) atoms. The van der Waals surface area contributed by atoms with Crippen LogP contribution >= 0.6 is 0 Å². The topological polar surface area (TPSA) is 61.8 Å². The van der Waals surface area contributed by atoms with E-state index < -0.39 is 11.9 Å². The van der Waals surface area contributed by atoms with Crippen LogP contribution in [0.25, 0.3) is 0 Å². The Kier molecular flexibility index (Phi) is 3.09. The van der Waals surface area contributed by atoms with Crippen LogP contribution in [0.4, 0.5) is 0 Å². The van der Waals surface area contributed by atoms with Gasteiger partial charge >= 0.3 is 11.9 Å². The zero-order valence-corrected chi connectivity index (χ0v) is 10.4. The second-order valence-electron chi connectivity index (χ2n) is 4.13. The average Bonchev–Trinajstić information content (AvgIpc) is 2.48. The summed E-state index contributed by atoms with van der Waals surface area (Å²) in [5.41, 5.74) is 0.556. The molecule has 0 spiro atoms. The van der Waals surface area contributed by atoms with Crippen LogP contribution in [0.5, 0.6) is 11.5 Å². The van der Waals surface area contributed by atoms with Gasteiger partial charge in [-0.15, -0.1) is 0 Å². The Morgan fingerprint density at radius 2 is 1.05 bits per heavy atom. The summed E-state index contributed by atoms with van der Waals surface area (Å²) in [6.07, 6.45) is 0. The highest BCUT2D eigenvalue weighted by molar-refractivity contribution is 6.02. The Hall–Kier alpha value is -2.82. The third kappa shape index (κ3) is 2.47. The van der Waals surface area contributed by atoms with E-state index in [4.69, 9.17) is 14.2 Å². The van der Waals surface area contributed by atoms with E-state index in [9.17, 15) is 9.59 Å². The highest BCUT2D eigenvalue weighted by atomic mass is 16.7. The van der Waals surface area contributed by atoms with Gasteiger partial charge in [-0.3, -0.25) is 0 Å². The maximum atomic E-state index is 11.8. The van der Waals surface area contributed by atoms with Gasteiger partial charge in [0.25, 0.3) is 0 Å². The molecule has 0 saturated carbocycles. The normalized spacial score (nSPS) is 14.2. The third-order valence-corrected chi connectivity index (χ3v) is 2.82. The minimum Gasteiger partial charge on any atom is -0.458 e. The van der Waals surface area contributed by atoms with Crippen LogP contribution in [0, 0.1) is 0 Å². The minimum absolute atomic E-state index is 0.0388. The molecular weight excluding hydrogens is 260 g/mol. The Morgan fingerprint density at radius 3 is 1.45 bits per heavy atom. The first-order valence-corrected chi connectivity index (χ1v) is 5.94. The van der Waals surface area contributed by atoms with Crippen molar-refractivity contribution in [3.8, 4) is 11.5 Å². The van der Waals surface area contributed by atoms with Crippen LogP contribution in [0.2, 0.25) is 0 Å². The van der Waals surface area contributed by atoms with E-state index in [1.54, 1.807) is 24.3 Å². The van der Waals surface area contributed by atoms with Gasteiger partial charge in [0.2, 0.25) is 6.79 Å². The van der Waals surface area contributed by atoms with E-state index in [1.807, 2.05) is 0 Å². The van der Waals surface area contributed by atoms with E-state index >= 15 is 0 Å². The Balaban J connectivity index is 1.96. The van der Waals surface area contributed by atoms with Gasteiger partial charge in [0.15, 0.2) is 0 Å². The lowest BCUT2D eigenvalue weighted by molar-refractivity contribution is 0.0397. The van der Waals surface area contributed by atoms with Crippen molar-refractivity contribution in [3.05, 3.63) is 59.7 Å². The molecular formula is C15H10O5. The highest BCUT2D eigenvalue weighted by Crippen LogP contribution is 2.17. The van der Waals surface area contributed by atoms with E-state index in [1.165, 1.54) is 24.3 Å². The van der Waals surface area contributed by atoms with Crippen molar-refractivity contribution in [1.82, 2.24) is 0 Å². The molecule has 5 heteroatoms. The summed E-state index contributed by atoms with van der Waals surface area (Å²) in [4.78, 5) is 23.6. The number of ether oxygens (including phenoxy) is 3. The molecule has 100 valence electrons. The van der Waals surface area contributed by atoms with Gasteiger partial charge in [-0.2, -0.15) is 0 Å². The zero-order valence-electron chi connectivity index (χ0n) is 10.4. The predicted octanol–water partition coefficient (Wildman–Crippen LogP) is 2.41. The lowest BCUT2D eigenvalue weighted by Crippen LogP contribution is -2.13. The number of hydrogen-bond donors (Lipinski definition) is 0. The first kappa shape index (κ1) is 12.2. The molecule has 6 rings (SSSR count). The maximum absolute atomic E-state index is 11.8. The van der Waals surface area contributed by atoms with Gasteiger partial charge in [0, 0.05) is 0 Å². The predicted molar refractivity (Wildman–Crippen MR) is 68.8 cm³/mol. The van der Waals surface area contributed by atoms with Crippen molar-refractivity contribution in [1.29, 1.82) is 0 Å². The van der Waals surface area contributed by atoms with Gasteiger partial charge < -0.3 is 14.2 Å². The number of carbonyl (C=O) groups excluding carboxylic acids is 2. The van der Waals surface area contributed by atoms with Gasteiger partial charge in [-0.1, -0.05) is 0 Å². The number of esters is 2. The highest BCUT2D eigenvalue weighted by Gasteiger charge is 2.15. The summed E-state index contributed by atoms with van der Waals surface area (Å²) in [6.45, 7) is 0.0388. The van der Waals surface area contributed by atoms with Crippen molar-refractivity contribution < 1.29 is 23.8 Å². The Labute approximate surface area is 114 Å². The lowest BCUT2D eigenvalue weighted by atomic mass is 10.2. The number of hydrogen-bond acceptors (Lipinski definition) is 5. The molecule has 2 aromatic rings. The monoisotopic (exact) mass is 270 g/mol. The van der Waals surface area contributed by atoms with Gasteiger partial charge in [-0.05, 0) is 48.5 Å². The van der Waals surface area contributed by atoms with Crippen molar-refractivity contribution in [2.75, 3.05) is 6.79 Å². The van der Waals surface area contributed by atoms with Gasteiger partial charge in [0.1, 0.15) is 11.5 Å². The number of carbonyl (C=O) groups is 2. The van der Waals surface area contributed by atoms with Crippen molar-refractivity contribution in [2.45, 2.75) is 0 Å². The second kappa shape index (κ2) is 5.05. The average molecular weight is 270 g/mol. The summed E-state index contributed by atoms with van der Waals surface area (Å²) in [5, 5.41) is 0. The van der Waals surface area contributed by atoms with Crippen LogP contribution in [0.1, 0.15) is 20.7 Å². The summed E-state index contributed by atoms with van der Waals surface area (Å²) in [7, 11) is 0. The molecule has 0 radical (unpaired) electrons. The molecule has 4 heterocycles. The maximum Gasteiger partial charge on any atom is 0.346 e. The summed E-state index contributed by atoms with van der Waals surface area (Å²) >= 11 is 0. The quantitative estimate of drug-likeness (QED) is 0.543. The van der Waals surface area contributed by atoms with E-state index in [-0.39, 0.29) is 17.9 Å². The first-order valence-electron chi connectivity index (χ1n) is 5.94. The second-order valence-corrected chi connectivity index (χ2v) is 4.13. The fourth-order valence-corrected chi connectivity index (χ4v) is 1.74.